The minimum absolute atomic E-state index is 0.0342. The van der Waals surface area contributed by atoms with E-state index in [2.05, 4.69) is 10.3 Å². The lowest BCUT2D eigenvalue weighted by atomic mass is 9.65. The summed E-state index contributed by atoms with van der Waals surface area (Å²) >= 11 is 0. The van der Waals surface area contributed by atoms with E-state index in [9.17, 15) is 14.0 Å². The lowest BCUT2D eigenvalue weighted by Crippen LogP contribution is -2.37. The molecule has 55 heavy (non-hydrogen) atoms. The van der Waals surface area contributed by atoms with Crippen molar-refractivity contribution in [3.8, 4) is 40.2 Å². The van der Waals surface area contributed by atoms with Crippen LogP contribution in [0.5, 0.6) is 40.2 Å². The number of carbonyl (C=O) groups excluding carboxylic acids is 2. The maximum atomic E-state index is 13.7. The Labute approximate surface area is 315 Å². The maximum Gasteiger partial charge on any atom is 0.310 e. The van der Waals surface area contributed by atoms with Crippen molar-refractivity contribution in [2.24, 2.45) is 11.8 Å². The number of allylic oxidation sites excluding steroid dienone is 1. The Morgan fingerprint density at radius 3 is 2.25 bits per heavy atom. The Morgan fingerprint density at radius 1 is 0.855 bits per heavy atom. The van der Waals surface area contributed by atoms with E-state index >= 15 is 0 Å². The zero-order valence-electron chi connectivity index (χ0n) is 30.3. The van der Waals surface area contributed by atoms with E-state index in [1.165, 1.54) is 32.4 Å². The van der Waals surface area contributed by atoms with Gasteiger partial charge in [-0.15, -0.1) is 5.10 Å². The molecule has 3 aliphatic rings. The van der Waals surface area contributed by atoms with Crippen LogP contribution in [0.15, 0.2) is 79.0 Å². The van der Waals surface area contributed by atoms with Crippen molar-refractivity contribution in [3.05, 3.63) is 118 Å². The van der Waals surface area contributed by atoms with Crippen LogP contribution in [0.25, 0.3) is 6.08 Å². The Kier molecular flexibility index (Phi) is 9.47. The molecule has 14 heteroatoms. The molecule has 4 aromatic carbocycles. The van der Waals surface area contributed by atoms with Crippen molar-refractivity contribution in [2.45, 2.75) is 18.6 Å². The van der Waals surface area contributed by atoms with Crippen molar-refractivity contribution < 1.29 is 51.9 Å². The van der Waals surface area contributed by atoms with Gasteiger partial charge in [0.15, 0.2) is 40.3 Å². The molecular weight excluding hydrogens is 713 g/mol. The molecule has 1 aliphatic carbocycles. The van der Waals surface area contributed by atoms with Crippen molar-refractivity contribution >= 4 is 17.8 Å². The monoisotopic (exact) mass is 749 g/mol. The lowest BCUT2D eigenvalue weighted by molar-refractivity contribution is -0.141. The van der Waals surface area contributed by atoms with Gasteiger partial charge in [-0.3, -0.25) is 9.59 Å². The van der Waals surface area contributed by atoms with E-state index in [4.69, 9.17) is 37.9 Å². The fraction of sp³-hybridized carbons (Fsp3) is 0.268. The molecule has 13 nitrogen and oxygen atoms in total. The molecule has 2 aliphatic heterocycles. The number of ether oxygens (including phenoxy) is 8. The second-order valence-corrected chi connectivity index (χ2v) is 13.1. The maximum absolute atomic E-state index is 13.7. The van der Waals surface area contributed by atoms with E-state index in [1.807, 2.05) is 24.3 Å². The highest BCUT2D eigenvalue weighted by atomic mass is 19.1. The van der Waals surface area contributed by atoms with Crippen LogP contribution in [-0.2, 0) is 16.1 Å². The van der Waals surface area contributed by atoms with Crippen LogP contribution < -0.4 is 33.2 Å². The molecule has 0 spiro atoms. The molecule has 0 radical (unpaired) electrons. The van der Waals surface area contributed by atoms with Gasteiger partial charge in [-0.1, -0.05) is 23.4 Å². The van der Waals surface area contributed by atoms with Crippen LogP contribution in [-0.4, -0.2) is 68.6 Å². The first-order valence-electron chi connectivity index (χ1n) is 17.4. The molecule has 4 atom stereocenters. The fourth-order valence-corrected chi connectivity index (χ4v) is 7.60. The molecule has 0 unspecified atom stereocenters. The standard InChI is InChI=1S/C41H36FN3O10/c1-48-32-13-23(30(46)11-7-22-5-9-25(42)10-6-22)8-12-31(32)52-19-26-18-45(44-43-26)39-28-17-34-33(54-21-55-34)16-27(28)37(38-29(39)20-53-41(38)47)24-14-35(49-2)40(51-4)36(15-24)50-3/h5-18,29,37-39H,19-21H2,1-4H3/b11-7+/t29-,37+,38-,39+/m0/s1. The van der Waals surface area contributed by atoms with Gasteiger partial charge in [-0.25, -0.2) is 9.07 Å². The average Bonchev–Trinajstić information content (AvgIpc) is 3.97. The molecule has 1 fully saturated rings. The van der Waals surface area contributed by atoms with Gasteiger partial charge >= 0.3 is 5.97 Å². The van der Waals surface area contributed by atoms with Gasteiger partial charge in [0.05, 0.1) is 53.2 Å². The third-order valence-corrected chi connectivity index (χ3v) is 10.2. The molecule has 1 saturated heterocycles. The molecule has 5 aromatic rings. The number of aromatic nitrogens is 3. The van der Waals surface area contributed by atoms with E-state index in [0.717, 1.165) is 16.7 Å². The van der Waals surface area contributed by atoms with Crippen LogP contribution in [0.3, 0.4) is 0 Å². The van der Waals surface area contributed by atoms with Crippen molar-refractivity contribution in [3.63, 3.8) is 0 Å². The zero-order chi connectivity index (χ0) is 38.2. The second kappa shape index (κ2) is 14.7. The first-order chi connectivity index (χ1) is 26.8. The summed E-state index contributed by atoms with van der Waals surface area (Å²) in [5, 5.41) is 8.94. The molecule has 0 N–H and O–H groups in total. The van der Waals surface area contributed by atoms with Gasteiger partial charge < -0.3 is 37.9 Å². The first kappa shape index (κ1) is 35.5. The van der Waals surface area contributed by atoms with E-state index in [0.29, 0.717) is 57.1 Å². The number of ketones is 1. The fourth-order valence-electron chi connectivity index (χ4n) is 7.60. The average molecular weight is 750 g/mol. The number of halogens is 1. The minimum Gasteiger partial charge on any atom is -0.493 e. The van der Waals surface area contributed by atoms with Crippen LogP contribution in [0, 0.1) is 17.7 Å². The topological polar surface area (TPSA) is 139 Å². The number of carbonyl (C=O) groups is 2. The normalized spacial score (nSPS) is 19.4. The number of hydrogen-bond acceptors (Lipinski definition) is 12. The molecular formula is C41H36FN3O10. The summed E-state index contributed by atoms with van der Waals surface area (Å²) in [5.41, 5.74) is 4.08. The lowest BCUT2D eigenvalue weighted by Gasteiger charge is -2.39. The quantitative estimate of drug-likeness (QED) is 0.0818. The summed E-state index contributed by atoms with van der Waals surface area (Å²) in [6, 6.07) is 17.8. The number of cyclic esters (lactones) is 1. The Bertz CT molecular complexity index is 2280. The smallest absolute Gasteiger partial charge is 0.310 e. The molecule has 282 valence electrons. The predicted octanol–water partition coefficient (Wildman–Crippen LogP) is 6.18. The summed E-state index contributed by atoms with van der Waals surface area (Å²) in [7, 11) is 6.12. The highest BCUT2D eigenvalue weighted by molar-refractivity contribution is 6.07. The van der Waals surface area contributed by atoms with Gasteiger partial charge in [0.25, 0.3) is 0 Å². The summed E-state index contributed by atoms with van der Waals surface area (Å²) in [4.78, 5) is 26.6. The van der Waals surface area contributed by atoms with E-state index < -0.39 is 17.9 Å². The summed E-state index contributed by atoms with van der Waals surface area (Å²) < 4.78 is 61.0. The van der Waals surface area contributed by atoms with Crippen molar-refractivity contribution in [1.82, 2.24) is 15.0 Å². The summed E-state index contributed by atoms with van der Waals surface area (Å²) in [6.07, 6.45) is 4.81. The van der Waals surface area contributed by atoms with Gasteiger partial charge in [-0.05, 0) is 82.9 Å². The van der Waals surface area contributed by atoms with Crippen molar-refractivity contribution in [2.75, 3.05) is 41.8 Å². The largest absolute Gasteiger partial charge is 0.493 e. The van der Waals surface area contributed by atoms with Crippen LogP contribution in [0.2, 0.25) is 0 Å². The third kappa shape index (κ3) is 6.53. The van der Waals surface area contributed by atoms with Crippen LogP contribution in [0.1, 0.15) is 50.3 Å². The molecule has 0 bridgehead atoms. The Hall–Kier alpha value is -6.57. The summed E-state index contributed by atoms with van der Waals surface area (Å²) in [6.45, 7) is 0.269. The summed E-state index contributed by atoms with van der Waals surface area (Å²) in [5.74, 6) is 0.936. The zero-order valence-corrected chi connectivity index (χ0v) is 30.3. The van der Waals surface area contributed by atoms with Gasteiger partial charge in [0, 0.05) is 17.4 Å². The highest BCUT2D eigenvalue weighted by Gasteiger charge is 2.53. The molecule has 0 amide bonds. The predicted molar refractivity (Wildman–Crippen MR) is 194 cm³/mol. The number of hydrogen-bond donors (Lipinski definition) is 0. The van der Waals surface area contributed by atoms with Crippen molar-refractivity contribution in [1.29, 1.82) is 0 Å². The van der Waals surface area contributed by atoms with Gasteiger partial charge in [-0.2, -0.15) is 0 Å². The minimum atomic E-state index is -0.597. The number of benzene rings is 4. The van der Waals surface area contributed by atoms with Crippen LogP contribution >= 0.6 is 0 Å². The number of nitrogens with zero attached hydrogens (tertiary/aromatic N) is 3. The third-order valence-electron chi connectivity index (χ3n) is 10.2. The number of methoxy groups -OCH3 is 4. The van der Waals surface area contributed by atoms with Crippen LogP contribution in [0.4, 0.5) is 4.39 Å². The van der Waals surface area contributed by atoms with Gasteiger partial charge in [0.2, 0.25) is 12.5 Å². The molecule has 0 saturated carbocycles. The first-order valence-corrected chi connectivity index (χ1v) is 17.4. The number of fused-ring (bicyclic) bond motifs is 3. The Morgan fingerprint density at radius 2 is 1.56 bits per heavy atom. The van der Waals surface area contributed by atoms with E-state index in [-0.39, 0.29) is 43.5 Å². The molecule has 1 aromatic heterocycles. The molecule has 3 heterocycles. The second-order valence-electron chi connectivity index (χ2n) is 13.1. The SMILES string of the molecule is COc1cc(C(=O)/C=C/c2ccc(F)cc2)ccc1OCc1cn([C@@H]2c3cc4c(cc3[C@@H](c3cc(OC)c(OC)c(OC)c3)[C@H]3C(=O)OC[C@@H]32)OCO4)nn1. The Balaban J connectivity index is 1.08. The molecule has 8 rings (SSSR count). The highest BCUT2D eigenvalue weighted by Crippen LogP contribution is 2.56. The number of rotatable bonds is 12. The van der Waals surface area contributed by atoms with Gasteiger partial charge in [0.1, 0.15) is 18.1 Å². The number of esters is 1. The van der Waals surface area contributed by atoms with E-state index in [1.54, 1.807) is 61.5 Å².